The second kappa shape index (κ2) is 9.67. The average molecular weight is 520 g/mol. The van der Waals surface area contributed by atoms with E-state index < -0.39 is 22.1 Å². The molecular weight excluding hydrogens is 494 g/mol. The van der Waals surface area contributed by atoms with E-state index in [1.165, 1.54) is 0 Å². The minimum atomic E-state index is -3.21. The predicted octanol–water partition coefficient (Wildman–Crippen LogP) is 3.77. The maximum absolute atomic E-state index is 13.0. The highest BCUT2D eigenvalue weighted by Crippen LogP contribution is 2.56. The van der Waals surface area contributed by atoms with E-state index in [1.807, 2.05) is 18.2 Å². The van der Waals surface area contributed by atoms with Crippen LogP contribution in [0.25, 0.3) is 11.0 Å². The molecule has 2 aliphatic heterocycles. The largest absolute Gasteiger partial charge is 0.378 e. The zero-order chi connectivity index (χ0) is 24.6. The van der Waals surface area contributed by atoms with Crippen molar-refractivity contribution < 1.29 is 23.4 Å². The van der Waals surface area contributed by atoms with Crippen LogP contribution in [0.5, 0.6) is 0 Å². The van der Waals surface area contributed by atoms with E-state index in [-0.39, 0.29) is 18.4 Å². The topological polar surface area (TPSA) is 140 Å². The van der Waals surface area contributed by atoms with Crippen LogP contribution in [-0.2, 0) is 16.0 Å². The molecule has 3 aromatic rings. The fraction of sp³-hybridized carbons (Fsp3) is 0.348. The standard InChI is InChI=1S/C23H26ClN5O5S/c24-16-5-6-17-18(12-16)26-22(25-17)19(27-23(31)29-7-9-34-10-8-29)11-14-1-3-15(4-2-14)20-13-21(30)28-35(20,32)33/h1-6,12,19-20,32-33H,7-11,13H2,(H,25,26)(H,27,31)(H,28,30)/t19-,20?/m0/s1. The summed E-state index contributed by atoms with van der Waals surface area (Å²) in [5, 5.41) is 3.00. The number of amides is 3. The van der Waals surface area contributed by atoms with Gasteiger partial charge in [-0.2, -0.15) is 0 Å². The number of imidazole rings is 1. The molecular formula is C23H26ClN5O5S. The lowest BCUT2D eigenvalue weighted by atomic mass is 10.0. The number of halogens is 1. The van der Waals surface area contributed by atoms with Gasteiger partial charge in [0.1, 0.15) is 11.1 Å². The number of nitrogens with one attached hydrogen (secondary N) is 3. The van der Waals surface area contributed by atoms with Crippen molar-refractivity contribution in [1.29, 1.82) is 0 Å². The number of H-pyrrole nitrogens is 1. The van der Waals surface area contributed by atoms with Gasteiger partial charge in [-0.3, -0.25) is 18.6 Å². The van der Waals surface area contributed by atoms with Crippen molar-refractivity contribution in [3.63, 3.8) is 0 Å². The van der Waals surface area contributed by atoms with Gasteiger partial charge in [-0.15, -0.1) is 10.8 Å². The molecule has 1 unspecified atom stereocenters. The summed E-state index contributed by atoms with van der Waals surface area (Å²) in [5.41, 5.74) is 3.10. The molecule has 5 rings (SSSR count). The van der Waals surface area contributed by atoms with Crippen LogP contribution in [0.3, 0.4) is 0 Å². The smallest absolute Gasteiger partial charge is 0.318 e. The molecule has 3 heterocycles. The third kappa shape index (κ3) is 5.24. The summed E-state index contributed by atoms with van der Waals surface area (Å²) in [5.74, 6) is 0.225. The van der Waals surface area contributed by atoms with Gasteiger partial charge in [-0.1, -0.05) is 35.9 Å². The number of benzene rings is 2. The summed E-state index contributed by atoms with van der Waals surface area (Å²) in [7, 11) is -3.21. The maximum Gasteiger partial charge on any atom is 0.318 e. The van der Waals surface area contributed by atoms with Gasteiger partial charge in [0.2, 0.25) is 5.91 Å². The molecule has 0 saturated carbocycles. The highest BCUT2D eigenvalue weighted by atomic mass is 35.5. The van der Waals surface area contributed by atoms with Crippen LogP contribution in [0.15, 0.2) is 42.5 Å². The number of morpholine rings is 1. The van der Waals surface area contributed by atoms with Gasteiger partial charge in [-0.05, 0) is 35.7 Å². The Morgan fingerprint density at radius 1 is 1.23 bits per heavy atom. The van der Waals surface area contributed by atoms with E-state index in [9.17, 15) is 18.7 Å². The van der Waals surface area contributed by atoms with Gasteiger partial charge in [0.25, 0.3) is 0 Å². The first-order valence-corrected chi connectivity index (χ1v) is 13.2. The number of aromatic nitrogens is 2. The van der Waals surface area contributed by atoms with Crippen LogP contribution < -0.4 is 10.0 Å². The predicted molar refractivity (Wildman–Crippen MR) is 133 cm³/mol. The van der Waals surface area contributed by atoms with Gasteiger partial charge < -0.3 is 19.9 Å². The number of rotatable bonds is 5. The lowest BCUT2D eigenvalue weighted by molar-refractivity contribution is -0.118. The minimum absolute atomic E-state index is 0.0292. The van der Waals surface area contributed by atoms with Crippen molar-refractivity contribution in [2.24, 2.45) is 0 Å². The van der Waals surface area contributed by atoms with E-state index in [1.54, 1.807) is 29.2 Å². The second-order valence-electron chi connectivity index (χ2n) is 8.64. The van der Waals surface area contributed by atoms with Gasteiger partial charge in [0, 0.05) is 18.1 Å². The van der Waals surface area contributed by atoms with E-state index in [2.05, 4.69) is 20.0 Å². The Kier molecular flexibility index (Phi) is 6.60. The number of urea groups is 1. The summed E-state index contributed by atoms with van der Waals surface area (Å²) in [6.07, 6.45) is 0.476. The lowest BCUT2D eigenvalue weighted by Crippen LogP contribution is -2.47. The highest BCUT2D eigenvalue weighted by Gasteiger charge is 2.38. The molecule has 2 atom stereocenters. The third-order valence-electron chi connectivity index (χ3n) is 6.21. The summed E-state index contributed by atoms with van der Waals surface area (Å²) in [4.78, 5) is 34.3. The number of hydrogen-bond acceptors (Lipinski definition) is 6. The molecule has 0 radical (unpaired) electrons. The Balaban J connectivity index is 1.39. The zero-order valence-corrected chi connectivity index (χ0v) is 20.3. The molecule has 0 bridgehead atoms. The van der Waals surface area contributed by atoms with Crippen molar-refractivity contribution in [3.8, 4) is 0 Å². The molecule has 2 saturated heterocycles. The molecule has 35 heavy (non-hydrogen) atoms. The number of carbonyl (C=O) groups excluding carboxylic acids is 2. The van der Waals surface area contributed by atoms with Crippen LogP contribution in [0.1, 0.15) is 34.7 Å². The summed E-state index contributed by atoms with van der Waals surface area (Å²) in [6.45, 7) is 2.04. The normalized spacial score (nSPS) is 21.5. The number of hydrogen-bond donors (Lipinski definition) is 5. The molecule has 2 aliphatic rings. The number of fused-ring (bicyclic) bond motifs is 1. The fourth-order valence-electron chi connectivity index (χ4n) is 4.37. The van der Waals surface area contributed by atoms with Gasteiger partial charge in [0.05, 0.1) is 36.7 Å². The van der Waals surface area contributed by atoms with Gasteiger partial charge in [-0.25, -0.2) is 9.78 Å². The molecule has 2 aromatic carbocycles. The molecule has 0 spiro atoms. The SMILES string of the molecule is O=C1CC(c2ccc(C[C@H](NC(=O)N3CCOCC3)c3nc4ccc(Cl)cc4[nH]3)cc2)S(O)(O)N1. The Labute approximate surface area is 208 Å². The Bertz CT molecular complexity index is 1240. The lowest BCUT2D eigenvalue weighted by Gasteiger charge is -2.33. The second-order valence-corrected chi connectivity index (χ2v) is 11.0. The van der Waals surface area contributed by atoms with Crippen molar-refractivity contribution >= 4 is 45.3 Å². The Morgan fingerprint density at radius 2 is 1.97 bits per heavy atom. The summed E-state index contributed by atoms with van der Waals surface area (Å²) >= 11 is 6.13. The quantitative estimate of drug-likeness (QED) is 0.347. The number of aromatic amines is 1. The summed E-state index contributed by atoms with van der Waals surface area (Å²) in [6, 6.07) is 12.0. The molecule has 1 aromatic heterocycles. The van der Waals surface area contributed by atoms with Crippen molar-refractivity contribution in [2.75, 3.05) is 26.3 Å². The Morgan fingerprint density at radius 3 is 2.66 bits per heavy atom. The van der Waals surface area contributed by atoms with Crippen molar-refractivity contribution in [3.05, 3.63) is 64.4 Å². The van der Waals surface area contributed by atoms with E-state index in [0.29, 0.717) is 49.1 Å². The van der Waals surface area contributed by atoms with E-state index in [4.69, 9.17) is 16.3 Å². The van der Waals surface area contributed by atoms with Crippen LogP contribution >= 0.6 is 22.4 Å². The van der Waals surface area contributed by atoms with Crippen LogP contribution in [0.2, 0.25) is 5.02 Å². The molecule has 10 nitrogen and oxygen atoms in total. The first-order valence-electron chi connectivity index (χ1n) is 11.2. The Hall–Kier alpha value is -2.83. The maximum atomic E-state index is 13.0. The molecule has 5 N–H and O–H groups in total. The van der Waals surface area contributed by atoms with E-state index >= 15 is 0 Å². The highest BCUT2D eigenvalue weighted by molar-refractivity contribution is 8.23. The fourth-order valence-corrected chi connectivity index (χ4v) is 6.02. The van der Waals surface area contributed by atoms with Crippen LogP contribution in [-0.4, -0.2) is 62.2 Å². The number of nitrogens with zero attached hydrogens (tertiary/aromatic N) is 2. The van der Waals surface area contributed by atoms with Gasteiger partial charge in [0.15, 0.2) is 0 Å². The third-order valence-corrected chi connectivity index (χ3v) is 8.21. The monoisotopic (exact) mass is 519 g/mol. The van der Waals surface area contributed by atoms with Crippen LogP contribution in [0, 0.1) is 0 Å². The van der Waals surface area contributed by atoms with Crippen LogP contribution in [0.4, 0.5) is 4.79 Å². The first kappa shape index (κ1) is 23.9. The van der Waals surface area contributed by atoms with Crippen molar-refractivity contribution in [2.45, 2.75) is 24.1 Å². The molecule has 186 valence electrons. The van der Waals surface area contributed by atoms with E-state index in [0.717, 1.165) is 16.6 Å². The number of ether oxygens (including phenoxy) is 1. The van der Waals surface area contributed by atoms with Gasteiger partial charge >= 0.3 is 6.03 Å². The molecule has 0 aliphatic carbocycles. The molecule has 2 fully saturated rings. The molecule has 3 amide bonds. The molecule has 12 heteroatoms. The number of carbonyl (C=O) groups is 2. The van der Waals surface area contributed by atoms with Crippen molar-refractivity contribution in [1.82, 2.24) is 24.9 Å². The first-order chi connectivity index (χ1) is 16.8. The average Bonchev–Trinajstić information content (AvgIpc) is 3.38. The zero-order valence-electron chi connectivity index (χ0n) is 18.7. The minimum Gasteiger partial charge on any atom is -0.378 e. The summed E-state index contributed by atoms with van der Waals surface area (Å²) < 4.78 is 28.0.